The molecule has 0 radical (unpaired) electrons. The number of hydrogen-bond donors (Lipinski definition) is 0. The Morgan fingerprint density at radius 3 is 2.05 bits per heavy atom. The Labute approximate surface area is 126 Å². The summed E-state index contributed by atoms with van der Waals surface area (Å²) < 4.78 is 5.98. The van der Waals surface area contributed by atoms with E-state index in [2.05, 4.69) is 85.0 Å². The average molecular weight is 292 g/mol. The van der Waals surface area contributed by atoms with Crippen LogP contribution >= 0.6 is 7.92 Å². The molecule has 2 aliphatic rings. The lowest BCUT2D eigenvalue weighted by atomic mass is 10.0. The van der Waals surface area contributed by atoms with Gasteiger partial charge in [-0.3, -0.25) is 0 Å². The molecule has 0 amide bonds. The molecule has 1 saturated heterocycles. The Hall–Kier alpha value is -1.69. The molecule has 21 heavy (non-hydrogen) atoms. The fourth-order valence-corrected chi connectivity index (χ4v) is 5.48. The number of fused-ring (bicyclic) bond motifs is 1. The molecular formula is C19H17OP. The van der Waals surface area contributed by atoms with Gasteiger partial charge in [-0.2, -0.15) is 0 Å². The van der Waals surface area contributed by atoms with Crippen LogP contribution in [0.3, 0.4) is 0 Å². The van der Waals surface area contributed by atoms with Crippen molar-refractivity contribution in [1.29, 1.82) is 0 Å². The van der Waals surface area contributed by atoms with Crippen LogP contribution in [0.1, 0.15) is 0 Å². The van der Waals surface area contributed by atoms with Crippen LogP contribution in [0.15, 0.2) is 85.0 Å². The maximum Gasteiger partial charge on any atom is 0.122 e. The molecule has 2 aromatic carbocycles. The molecule has 0 spiro atoms. The molecule has 0 aromatic heterocycles. The average Bonchev–Trinajstić information content (AvgIpc) is 3.29. The van der Waals surface area contributed by atoms with E-state index in [1.54, 1.807) is 0 Å². The van der Waals surface area contributed by atoms with Crippen molar-refractivity contribution in [3.8, 4) is 0 Å². The van der Waals surface area contributed by atoms with E-state index in [-0.39, 0.29) is 11.7 Å². The van der Waals surface area contributed by atoms with Gasteiger partial charge in [0.25, 0.3) is 0 Å². The summed E-state index contributed by atoms with van der Waals surface area (Å²) in [6.07, 6.45) is 9.94. The monoisotopic (exact) mass is 292 g/mol. The van der Waals surface area contributed by atoms with Crippen LogP contribution in [0.25, 0.3) is 0 Å². The maximum atomic E-state index is 5.98. The maximum absolute atomic E-state index is 5.98. The summed E-state index contributed by atoms with van der Waals surface area (Å²) in [6, 6.07) is 21.7. The van der Waals surface area contributed by atoms with Gasteiger partial charge in [0.15, 0.2) is 0 Å². The van der Waals surface area contributed by atoms with E-state index < -0.39 is 7.92 Å². The van der Waals surface area contributed by atoms with Crippen LogP contribution in [0, 0.1) is 0 Å². The fourth-order valence-electron chi connectivity index (χ4n) is 2.90. The van der Waals surface area contributed by atoms with Crippen LogP contribution in [0.2, 0.25) is 0 Å². The van der Waals surface area contributed by atoms with Crippen LogP contribution < -0.4 is 10.6 Å². The summed E-state index contributed by atoms with van der Waals surface area (Å²) in [6.45, 7) is 0. The van der Waals surface area contributed by atoms with Crippen molar-refractivity contribution in [1.82, 2.24) is 0 Å². The minimum atomic E-state index is -0.391. The van der Waals surface area contributed by atoms with Gasteiger partial charge in [0.05, 0.1) is 0 Å². The first-order chi connectivity index (χ1) is 10.4. The highest BCUT2D eigenvalue weighted by Crippen LogP contribution is 2.50. The number of hydrogen-bond acceptors (Lipinski definition) is 1. The summed E-state index contributed by atoms with van der Waals surface area (Å²) in [4.78, 5) is 0. The Balaban J connectivity index is 1.68. The molecule has 0 bridgehead atoms. The summed E-state index contributed by atoms with van der Waals surface area (Å²) in [5.41, 5.74) is -0.0634. The molecule has 4 rings (SSSR count). The molecular weight excluding hydrogens is 275 g/mol. The van der Waals surface area contributed by atoms with Crippen LogP contribution in [0.4, 0.5) is 0 Å². The summed E-state index contributed by atoms with van der Waals surface area (Å²) >= 11 is 0. The summed E-state index contributed by atoms with van der Waals surface area (Å²) in [5, 5.41) is 2.84. The largest absolute Gasteiger partial charge is 0.357 e. The number of rotatable bonds is 4. The molecule has 1 heterocycles. The van der Waals surface area contributed by atoms with Crippen molar-refractivity contribution < 1.29 is 4.74 Å². The normalized spacial score (nSPS) is 25.9. The molecule has 2 aromatic rings. The molecule has 0 N–H and O–H groups in total. The zero-order valence-corrected chi connectivity index (χ0v) is 12.6. The van der Waals surface area contributed by atoms with E-state index in [4.69, 9.17) is 4.74 Å². The molecule has 2 heteroatoms. The van der Waals surface area contributed by atoms with E-state index >= 15 is 0 Å². The molecule has 1 nitrogen and oxygen atoms in total. The Morgan fingerprint density at radius 1 is 0.857 bits per heavy atom. The van der Waals surface area contributed by atoms with Crippen LogP contribution in [0.5, 0.6) is 0 Å². The lowest BCUT2D eigenvalue weighted by Gasteiger charge is -2.22. The first-order valence-electron chi connectivity index (χ1n) is 7.29. The van der Waals surface area contributed by atoms with E-state index in [1.165, 1.54) is 10.6 Å². The molecule has 2 atom stereocenters. The van der Waals surface area contributed by atoms with Crippen LogP contribution in [-0.2, 0) is 4.74 Å². The minimum absolute atomic E-state index is 0.0634. The lowest BCUT2D eigenvalue weighted by molar-refractivity contribution is 0.360. The molecule has 1 aliphatic heterocycles. The Kier molecular flexibility index (Phi) is 3.25. The predicted octanol–water partition coefficient (Wildman–Crippen LogP) is 3.38. The SMILES string of the molecule is C1=CC2OC2(CP(c2ccccc2)c2ccccc2)C=C1. The van der Waals surface area contributed by atoms with Gasteiger partial charge in [-0.1, -0.05) is 78.9 Å². The lowest BCUT2D eigenvalue weighted by Crippen LogP contribution is -2.24. The second-order valence-corrected chi connectivity index (χ2v) is 7.70. The first kappa shape index (κ1) is 13.0. The van der Waals surface area contributed by atoms with Gasteiger partial charge in [0.1, 0.15) is 11.7 Å². The zero-order chi connectivity index (χ0) is 14.1. The Bertz CT molecular complexity index is 638. The van der Waals surface area contributed by atoms with E-state index in [1.807, 2.05) is 0 Å². The van der Waals surface area contributed by atoms with Crippen molar-refractivity contribution in [3.05, 3.63) is 85.0 Å². The number of epoxide rings is 1. The number of ether oxygens (including phenoxy) is 1. The molecule has 2 unspecified atom stereocenters. The minimum Gasteiger partial charge on any atom is -0.357 e. The quantitative estimate of drug-likeness (QED) is 0.621. The zero-order valence-electron chi connectivity index (χ0n) is 11.7. The predicted molar refractivity (Wildman–Crippen MR) is 89.8 cm³/mol. The highest BCUT2D eigenvalue weighted by molar-refractivity contribution is 7.73. The first-order valence-corrected chi connectivity index (χ1v) is 8.82. The topological polar surface area (TPSA) is 12.5 Å². The van der Waals surface area contributed by atoms with Gasteiger partial charge in [-0.05, 0) is 24.6 Å². The molecule has 1 aliphatic carbocycles. The third-order valence-corrected chi connectivity index (χ3v) is 6.74. The van der Waals surface area contributed by atoms with Gasteiger partial charge in [-0.25, -0.2) is 0 Å². The second kappa shape index (κ2) is 5.26. The van der Waals surface area contributed by atoms with Gasteiger partial charge in [-0.15, -0.1) is 0 Å². The van der Waals surface area contributed by atoms with E-state index in [9.17, 15) is 0 Å². The summed E-state index contributed by atoms with van der Waals surface area (Å²) in [7, 11) is -0.391. The van der Waals surface area contributed by atoms with E-state index in [0.717, 1.165) is 6.16 Å². The fraction of sp³-hybridized carbons (Fsp3) is 0.158. The Morgan fingerprint density at radius 2 is 1.48 bits per heavy atom. The van der Waals surface area contributed by atoms with Crippen molar-refractivity contribution in [3.63, 3.8) is 0 Å². The smallest absolute Gasteiger partial charge is 0.122 e. The number of allylic oxidation sites excluding steroid dienone is 2. The molecule has 0 saturated carbocycles. The number of benzene rings is 2. The third-order valence-electron chi connectivity index (χ3n) is 4.09. The standard InChI is InChI=1S/C19H17OP/c1-3-9-16(10-4-1)21(17-11-5-2-6-12-17)15-19-14-8-7-13-18(19)20-19/h1-14,18H,15H2. The third kappa shape index (κ3) is 2.48. The van der Waals surface area contributed by atoms with Gasteiger partial charge in [0, 0.05) is 6.16 Å². The molecule has 104 valence electrons. The van der Waals surface area contributed by atoms with Gasteiger partial charge < -0.3 is 4.74 Å². The van der Waals surface area contributed by atoms with Crippen molar-refractivity contribution in [2.24, 2.45) is 0 Å². The molecule has 1 fully saturated rings. The van der Waals surface area contributed by atoms with Crippen molar-refractivity contribution in [2.45, 2.75) is 11.7 Å². The van der Waals surface area contributed by atoms with Crippen molar-refractivity contribution in [2.75, 3.05) is 6.16 Å². The highest BCUT2D eigenvalue weighted by atomic mass is 31.1. The highest BCUT2D eigenvalue weighted by Gasteiger charge is 2.54. The second-order valence-electron chi connectivity index (χ2n) is 5.49. The van der Waals surface area contributed by atoms with E-state index in [0.29, 0.717) is 0 Å². The van der Waals surface area contributed by atoms with Crippen molar-refractivity contribution >= 4 is 18.5 Å². The summed E-state index contributed by atoms with van der Waals surface area (Å²) in [5.74, 6) is 0. The van der Waals surface area contributed by atoms with Gasteiger partial charge >= 0.3 is 0 Å². The van der Waals surface area contributed by atoms with Crippen LogP contribution in [-0.4, -0.2) is 17.9 Å². The van der Waals surface area contributed by atoms with Gasteiger partial charge in [0.2, 0.25) is 0 Å².